The first-order valence-corrected chi connectivity index (χ1v) is 7.39. The maximum atomic E-state index is 13.6. The summed E-state index contributed by atoms with van der Waals surface area (Å²) < 4.78 is 13.6. The van der Waals surface area contributed by atoms with Crippen LogP contribution in [0.2, 0.25) is 0 Å². The van der Waals surface area contributed by atoms with Gasteiger partial charge in [0.15, 0.2) is 0 Å². The fourth-order valence-corrected chi connectivity index (χ4v) is 2.85. The number of likely N-dealkylation sites (tertiary alicyclic amines) is 1. The summed E-state index contributed by atoms with van der Waals surface area (Å²) in [7, 11) is 4.25. The Kier molecular flexibility index (Phi) is 5.52. The van der Waals surface area contributed by atoms with Crippen molar-refractivity contribution in [1.82, 2.24) is 9.80 Å². The normalized spacial score (nSPS) is 19.4. The van der Waals surface area contributed by atoms with Gasteiger partial charge in [0.2, 0.25) is 0 Å². The highest BCUT2D eigenvalue weighted by atomic mass is 19.1. The van der Waals surface area contributed by atoms with E-state index < -0.39 is 6.10 Å². The standard InChI is InChI=1S/C16H25FN2O/c1-18-10-7-13(8-11-18)19(2)12-9-16(20)14-5-3-4-6-15(14)17/h3-6,13,16,20H,7-12H2,1-2H3. The first kappa shape index (κ1) is 15.4. The summed E-state index contributed by atoms with van der Waals surface area (Å²) in [6, 6.07) is 7.06. The minimum atomic E-state index is -0.718. The second-order valence-electron chi connectivity index (χ2n) is 5.84. The number of halogens is 1. The molecule has 1 unspecified atom stereocenters. The number of hydrogen-bond acceptors (Lipinski definition) is 3. The summed E-state index contributed by atoms with van der Waals surface area (Å²) in [5.41, 5.74) is 0.407. The van der Waals surface area contributed by atoms with Crippen molar-refractivity contribution < 1.29 is 9.50 Å². The van der Waals surface area contributed by atoms with Crippen LogP contribution in [0.4, 0.5) is 4.39 Å². The smallest absolute Gasteiger partial charge is 0.128 e. The molecule has 1 heterocycles. The number of aliphatic hydroxyl groups is 1. The van der Waals surface area contributed by atoms with Gasteiger partial charge in [-0.15, -0.1) is 0 Å². The summed E-state index contributed by atoms with van der Waals surface area (Å²) in [6.07, 6.45) is 2.19. The van der Waals surface area contributed by atoms with Gasteiger partial charge in [0.1, 0.15) is 5.82 Å². The van der Waals surface area contributed by atoms with E-state index in [2.05, 4.69) is 23.9 Å². The van der Waals surface area contributed by atoms with Gasteiger partial charge in [-0.2, -0.15) is 0 Å². The Hall–Kier alpha value is -0.970. The molecule has 112 valence electrons. The van der Waals surface area contributed by atoms with E-state index in [1.807, 2.05) is 0 Å². The van der Waals surface area contributed by atoms with Crippen LogP contribution in [0.25, 0.3) is 0 Å². The Morgan fingerprint density at radius 1 is 1.35 bits per heavy atom. The number of aliphatic hydroxyl groups excluding tert-OH is 1. The van der Waals surface area contributed by atoms with Crippen molar-refractivity contribution in [1.29, 1.82) is 0 Å². The number of rotatable bonds is 5. The fourth-order valence-electron chi connectivity index (χ4n) is 2.85. The molecule has 0 spiro atoms. The minimum absolute atomic E-state index is 0.318. The molecule has 2 rings (SSSR count). The summed E-state index contributed by atoms with van der Waals surface area (Å²) in [4.78, 5) is 4.65. The minimum Gasteiger partial charge on any atom is -0.388 e. The van der Waals surface area contributed by atoms with Crippen molar-refractivity contribution in [3.63, 3.8) is 0 Å². The van der Waals surface area contributed by atoms with Crippen LogP contribution in [0.5, 0.6) is 0 Å². The van der Waals surface area contributed by atoms with E-state index in [1.54, 1.807) is 18.2 Å². The van der Waals surface area contributed by atoms with E-state index in [1.165, 1.54) is 18.9 Å². The summed E-state index contributed by atoms with van der Waals surface area (Å²) in [6.45, 7) is 3.06. The van der Waals surface area contributed by atoms with Crippen LogP contribution in [-0.2, 0) is 0 Å². The van der Waals surface area contributed by atoms with Crippen molar-refractivity contribution in [2.24, 2.45) is 0 Å². The predicted octanol–water partition coefficient (Wildman–Crippen LogP) is 2.28. The van der Waals surface area contributed by atoms with Gasteiger partial charge in [-0.25, -0.2) is 4.39 Å². The molecule has 1 N–H and O–H groups in total. The third kappa shape index (κ3) is 4.01. The molecule has 0 bridgehead atoms. The molecule has 1 aromatic rings. The highest BCUT2D eigenvalue weighted by Gasteiger charge is 2.21. The van der Waals surface area contributed by atoms with Gasteiger partial charge in [0.25, 0.3) is 0 Å². The molecule has 4 heteroatoms. The highest BCUT2D eigenvalue weighted by molar-refractivity contribution is 5.19. The van der Waals surface area contributed by atoms with Crippen molar-refractivity contribution in [2.45, 2.75) is 31.4 Å². The zero-order valence-electron chi connectivity index (χ0n) is 12.4. The zero-order valence-corrected chi connectivity index (χ0v) is 12.4. The zero-order chi connectivity index (χ0) is 14.5. The number of piperidine rings is 1. The Morgan fingerprint density at radius 3 is 2.65 bits per heavy atom. The maximum absolute atomic E-state index is 13.6. The molecule has 0 amide bonds. The Labute approximate surface area is 121 Å². The molecular weight excluding hydrogens is 255 g/mol. The summed E-state index contributed by atoms with van der Waals surface area (Å²) in [5.74, 6) is -0.318. The third-order valence-corrected chi connectivity index (χ3v) is 4.33. The van der Waals surface area contributed by atoms with Gasteiger partial charge >= 0.3 is 0 Å². The van der Waals surface area contributed by atoms with E-state index in [0.29, 0.717) is 18.0 Å². The molecule has 1 aliphatic rings. The van der Waals surface area contributed by atoms with Gasteiger partial charge in [-0.05, 0) is 52.5 Å². The van der Waals surface area contributed by atoms with E-state index in [-0.39, 0.29) is 5.82 Å². The van der Waals surface area contributed by atoms with Crippen molar-refractivity contribution in [3.05, 3.63) is 35.6 Å². The average molecular weight is 280 g/mol. The largest absolute Gasteiger partial charge is 0.388 e. The van der Waals surface area contributed by atoms with Crippen LogP contribution >= 0.6 is 0 Å². The van der Waals surface area contributed by atoms with Gasteiger partial charge in [-0.3, -0.25) is 0 Å². The molecule has 0 saturated carbocycles. The molecule has 0 aliphatic carbocycles. The van der Waals surface area contributed by atoms with Crippen LogP contribution < -0.4 is 0 Å². The lowest BCUT2D eigenvalue weighted by Gasteiger charge is -2.35. The molecule has 20 heavy (non-hydrogen) atoms. The fraction of sp³-hybridized carbons (Fsp3) is 0.625. The van der Waals surface area contributed by atoms with Crippen molar-refractivity contribution in [3.8, 4) is 0 Å². The van der Waals surface area contributed by atoms with Crippen molar-refractivity contribution in [2.75, 3.05) is 33.7 Å². The van der Waals surface area contributed by atoms with Crippen LogP contribution in [0, 0.1) is 5.82 Å². The average Bonchev–Trinajstić information content (AvgIpc) is 2.45. The Balaban J connectivity index is 1.81. The van der Waals surface area contributed by atoms with Crippen LogP contribution in [-0.4, -0.2) is 54.7 Å². The van der Waals surface area contributed by atoms with E-state index in [4.69, 9.17) is 0 Å². The molecule has 0 aromatic heterocycles. The molecule has 1 saturated heterocycles. The summed E-state index contributed by atoms with van der Waals surface area (Å²) in [5, 5.41) is 10.1. The Bertz CT molecular complexity index is 419. The highest BCUT2D eigenvalue weighted by Crippen LogP contribution is 2.21. The monoisotopic (exact) mass is 280 g/mol. The topological polar surface area (TPSA) is 26.7 Å². The second kappa shape index (κ2) is 7.16. The molecule has 1 aliphatic heterocycles. The number of hydrogen-bond donors (Lipinski definition) is 1. The van der Waals surface area contributed by atoms with Gasteiger partial charge in [0, 0.05) is 18.2 Å². The van der Waals surface area contributed by atoms with E-state index in [9.17, 15) is 9.50 Å². The van der Waals surface area contributed by atoms with E-state index >= 15 is 0 Å². The van der Waals surface area contributed by atoms with Crippen LogP contribution in [0.15, 0.2) is 24.3 Å². The van der Waals surface area contributed by atoms with Gasteiger partial charge in [0.05, 0.1) is 6.10 Å². The third-order valence-electron chi connectivity index (χ3n) is 4.33. The first-order valence-electron chi connectivity index (χ1n) is 7.39. The Morgan fingerprint density at radius 2 is 2.00 bits per heavy atom. The second-order valence-corrected chi connectivity index (χ2v) is 5.84. The van der Waals surface area contributed by atoms with Gasteiger partial charge < -0.3 is 14.9 Å². The predicted molar refractivity (Wildman–Crippen MR) is 79.1 cm³/mol. The first-order chi connectivity index (χ1) is 9.58. The molecule has 0 radical (unpaired) electrons. The SMILES string of the molecule is CN1CCC(N(C)CCC(O)c2ccccc2F)CC1. The lowest BCUT2D eigenvalue weighted by atomic mass is 10.0. The van der Waals surface area contributed by atoms with Gasteiger partial charge in [-0.1, -0.05) is 18.2 Å². The lowest BCUT2D eigenvalue weighted by Crippen LogP contribution is -2.42. The quantitative estimate of drug-likeness (QED) is 0.896. The number of benzene rings is 1. The molecule has 1 fully saturated rings. The lowest BCUT2D eigenvalue weighted by molar-refractivity contribution is 0.108. The van der Waals surface area contributed by atoms with E-state index in [0.717, 1.165) is 19.6 Å². The van der Waals surface area contributed by atoms with Crippen LogP contribution in [0.3, 0.4) is 0 Å². The summed E-state index contributed by atoms with van der Waals surface area (Å²) >= 11 is 0. The molecule has 1 atom stereocenters. The maximum Gasteiger partial charge on any atom is 0.128 e. The molecule has 1 aromatic carbocycles. The molecule has 3 nitrogen and oxygen atoms in total. The molecular formula is C16H25FN2O. The number of nitrogens with zero attached hydrogens (tertiary/aromatic N) is 2. The van der Waals surface area contributed by atoms with Crippen LogP contribution in [0.1, 0.15) is 30.9 Å². The van der Waals surface area contributed by atoms with Crippen molar-refractivity contribution >= 4 is 0 Å².